The van der Waals surface area contributed by atoms with E-state index in [1.165, 1.54) is 0 Å². The maximum atomic E-state index is 9.18. The van der Waals surface area contributed by atoms with Crippen LogP contribution in [0, 0.1) is 0 Å². The van der Waals surface area contributed by atoms with Crippen molar-refractivity contribution in [1.29, 1.82) is 0 Å². The predicted octanol–water partition coefficient (Wildman–Crippen LogP) is -0.780. The van der Waals surface area contributed by atoms with E-state index in [-0.39, 0.29) is 10.7 Å². The zero-order valence-electron chi connectivity index (χ0n) is 6.27. The van der Waals surface area contributed by atoms with Crippen LogP contribution in [0.15, 0.2) is 0 Å². The molecule has 12 heavy (non-hydrogen) atoms. The number of rotatable bonds is 5. The fraction of sp³-hybridized carbons (Fsp3) is 1.00. The van der Waals surface area contributed by atoms with Gasteiger partial charge in [0.2, 0.25) is 0 Å². The van der Waals surface area contributed by atoms with Crippen molar-refractivity contribution in [2.24, 2.45) is 0 Å². The molecule has 0 aromatic carbocycles. The highest BCUT2D eigenvalue weighted by atomic mass is 79.9. The minimum atomic E-state index is -1.34. The van der Waals surface area contributed by atoms with Crippen LogP contribution >= 0.6 is 31.9 Å². The molecule has 0 saturated carbocycles. The fourth-order valence-corrected chi connectivity index (χ4v) is 1.40. The maximum Gasteiger partial charge on any atom is 0.109 e. The predicted molar refractivity (Wildman–Crippen MR) is 51.6 cm³/mol. The van der Waals surface area contributed by atoms with Gasteiger partial charge in [0.05, 0.1) is 12.2 Å². The number of alkyl halides is 2. The average Bonchev–Trinajstić information content (AvgIpc) is 2.12. The third kappa shape index (κ3) is 3.68. The Morgan fingerprint density at radius 2 is 1.00 bits per heavy atom. The lowest BCUT2D eigenvalue weighted by Gasteiger charge is -2.24. The lowest BCUT2D eigenvalue weighted by Crippen LogP contribution is -2.45. The molecule has 0 aromatic heterocycles. The summed E-state index contributed by atoms with van der Waals surface area (Å²) in [4.78, 5) is 0. The first-order chi connectivity index (χ1) is 5.54. The molecule has 0 saturated heterocycles. The summed E-state index contributed by atoms with van der Waals surface area (Å²) in [6.07, 6.45) is -4.82. The Hall–Kier alpha value is 0.800. The SMILES string of the molecule is O[C@H]([C@H](O)[C@H](O)CBr)[C@@H](O)CBr. The molecular weight excluding hydrogens is 296 g/mol. The van der Waals surface area contributed by atoms with Gasteiger partial charge in [0.1, 0.15) is 12.2 Å². The first-order valence-electron chi connectivity index (χ1n) is 3.38. The van der Waals surface area contributed by atoms with E-state index in [2.05, 4.69) is 31.9 Å². The fourth-order valence-electron chi connectivity index (χ4n) is 0.638. The summed E-state index contributed by atoms with van der Waals surface area (Å²) in [5.41, 5.74) is 0. The average molecular weight is 308 g/mol. The zero-order chi connectivity index (χ0) is 9.72. The highest BCUT2D eigenvalue weighted by molar-refractivity contribution is 9.09. The number of hydrogen-bond acceptors (Lipinski definition) is 4. The largest absolute Gasteiger partial charge is 0.389 e. The first-order valence-corrected chi connectivity index (χ1v) is 5.63. The zero-order valence-corrected chi connectivity index (χ0v) is 9.44. The molecule has 6 heteroatoms. The molecule has 0 aliphatic carbocycles. The van der Waals surface area contributed by atoms with E-state index in [4.69, 9.17) is 10.2 Å². The number of halogens is 2. The first kappa shape index (κ1) is 12.8. The van der Waals surface area contributed by atoms with Crippen LogP contribution in [0.2, 0.25) is 0 Å². The quantitative estimate of drug-likeness (QED) is 0.502. The summed E-state index contributed by atoms with van der Waals surface area (Å²) < 4.78 is 0. The molecule has 0 radical (unpaired) electrons. The van der Waals surface area contributed by atoms with E-state index in [0.717, 1.165) is 0 Å². The topological polar surface area (TPSA) is 80.9 Å². The molecule has 0 aliphatic rings. The molecule has 0 aromatic rings. The van der Waals surface area contributed by atoms with Crippen LogP contribution < -0.4 is 0 Å². The molecule has 4 nitrogen and oxygen atoms in total. The number of hydrogen-bond donors (Lipinski definition) is 4. The number of aliphatic hydroxyl groups excluding tert-OH is 4. The van der Waals surface area contributed by atoms with Crippen molar-refractivity contribution in [3.63, 3.8) is 0 Å². The van der Waals surface area contributed by atoms with Gasteiger partial charge >= 0.3 is 0 Å². The summed E-state index contributed by atoms with van der Waals surface area (Å²) in [5.74, 6) is 0. The van der Waals surface area contributed by atoms with Gasteiger partial charge in [-0.2, -0.15) is 0 Å². The third-order valence-corrected chi connectivity index (χ3v) is 2.78. The monoisotopic (exact) mass is 306 g/mol. The van der Waals surface area contributed by atoms with Crippen molar-refractivity contribution in [3.8, 4) is 0 Å². The molecule has 74 valence electrons. The summed E-state index contributed by atoms with van der Waals surface area (Å²) >= 11 is 5.88. The standard InChI is InChI=1S/C6H12Br2O4/c7-1-3(9)5(11)6(12)4(10)2-8/h3-6,9-12H,1-2H2/t3-,4+,5-,6+. The molecule has 0 unspecified atom stereocenters. The van der Waals surface area contributed by atoms with Gasteiger partial charge in [0.15, 0.2) is 0 Å². The Morgan fingerprint density at radius 3 is 1.17 bits per heavy atom. The lowest BCUT2D eigenvalue weighted by molar-refractivity contribution is -0.0916. The summed E-state index contributed by atoms with van der Waals surface area (Å²) in [6, 6.07) is 0. The van der Waals surface area contributed by atoms with Crippen molar-refractivity contribution in [2.75, 3.05) is 10.7 Å². The number of aliphatic hydroxyl groups is 4. The van der Waals surface area contributed by atoms with Crippen molar-refractivity contribution in [3.05, 3.63) is 0 Å². The molecule has 0 amide bonds. The van der Waals surface area contributed by atoms with Gasteiger partial charge in [-0.25, -0.2) is 0 Å². The minimum absolute atomic E-state index is 0.153. The Balaban J connectivity index is 3.99. The van der Waals surface area contributed by atoms with Crippen LogP contribution in [0.3, 0.4) is 0 Å². The van der Waals surface area contributed by atoms with Crippen LogP contribution in [0.4, 0.5) is 0 Å². The van der Waals surface area contributed by atoms with E-state index >= 15 is 0 Å². The molecule has 0 heterocycles. The van der Waals surface area contributed by atoms with Gasteiger partial charge in [-0.15, -0.1) is 0 Å². The van der Waals surface area contributed by atoms with Crippen LogP contribution in [-0.2, 0) is 0 Å². The van der Waals surface area contributed by atoms with Gasteiger partial charge in [-0.1, -0.05) is 31.9 Å². The molecule has 4 atom stereocenters. The second-order valence-electron chi connectivity index (χ2n) is 2.42. The minimum Gasteiger partial charge on any atom is -0.389 e. The lowest BCUT2D eigenvalue weighted by atomic mass is 10.1. The molecule has 4 N–H and O–H groups in total. The van der Waals surface area contributed by atoms with Crippen LogP contribution in [0.1, 0.15) is 0 Å². The third-order valence-electron chi connectivity index (χ3n) is 1.45. The molecular formula is C6H12Br2O4. The van der Waals surface area contributed by atoms with Gasteiger partial charge in [0.25, 0.3) is 0 Å². The van der Waals surface area contributed by atoms with Crippen molar-refractivity contribution < 1.29 is 20.4 Å². The van der Waals surface area contributed by atoms with E-state index in [9.17, 15) is 10.2 Å². The smallest absolute Gasteiger partial charge is 0.109 e. The van der Waals surface area contributed by atoms with Gasteiger partial charge in [-0.3, -0.25) is 0 Å². The molecule has 0 rings (SSSR count). The van der Waals surface area contributed by atoms with E-state index in [1.807, 2.05) is 0 Å². The van der Waals surface area contributed by atoms with E-state index < -0.39 is 24.4 Å². The molecule has 0 fully saturated rings. The highest BCUT2D eigenvalue weighted by Gasteiger charge is 2.28. The highest BCUT2D eigenvalue weighted by Crippen LogP contribution is 2.08. The molecule has 0 bridgehead atoms. The van der Waals surface area contributed by atoms with Crippen LogP contribution in [0.25, 0.3) is 0 Å². The molecule has 0 spiro atoms. The van der Waals surface area contributed by atoms with Gasteiger partial charge in [-0.05, 0) is 0 Å². The van der Waals surface area contributed by atoms with Gasteiger partial charge in [0, 0.05) is 10.7 Å². The van der Waals surface area contributed by atoms with Gasteiger partial charge < -0.3 is 20.4 Å². The summed E-state index contributed by atoms with van der Waals surface area (Å²) in [6.45, 7) is 0. The maximum absolute atomic E-state index is 9.18. The summed E-state index contributed by atoms with van der Waals surface area (Å²) in [5, 5.41) is 36.8. The Labute approximate surface area is 87.5 Å². The van der Waals surface area contributed by atoms with Crippen molar-refractivity contribution >= 4 is 31.9 Å². The second kappa shape index (κ2) is 6.28. The van der Waals surface area contributed by atoms with Crippen LogP contribution in [0.5, 0.6) is 0 Å². The summed E-state index contributed by atoms with van der Waals surface area (Å²) in [7, 11) is 0. The molecule has 0 aliphatic heterocycles. The Morgan fingerprint density at radius 1 is 0.750 bits per heavy atom. The Bertz CT molecular complexity index is 110. The second-order valence-corrected chi connectivity index (χ2v) is 3.72. The van der Waals surface area contributed by atoms with Crippen LogP contribution in [-0.4, -0.2) is 55.5 Å². The normalized spacial score (nSPS) is 21.5. The van der Waals surface area contributed by atoms with E-state index in [0.29, 0.717) is 0 Å². The van der Waals surface area contributed by atoms with E-state index in [1.54, 1.807) is 0 Å². The van der Waals surface area contributed by atoms with Crippen molar-refractivity contribution in [2.45, 2.75) is 24.4 Å². The van der Waals surface area contributed by atoms with Crippen molar-refractivity contribution in [1.82, 2.24) is 0 Å². The Kier molecular flexibility index (Phi) is 6.70.